The Labute approximate surface area is 124 Å². The van der Waals surface area contributed by atoms with E-state index in [9.17, 15) is 13.2 Å². The zero-order chi connectivity index (χ0) is 15.5. The number of anilines is 1. The Morgan fingerprint density at radius 2 is 2.14 bits per heavy atom. The molecule has 0 N–H and O–H groups in total. The number of para-hydroxylation sites is 1. The van der Waals surface area contributed by atoms with Crippen LogP contribution in [0.15, 0.2) is 29.2 Å². The van der Waals surface area contributed by atoms with Gasteiger partial charge in [0, 0.05) is 19.3 Å². The molecule has 0 saturated carbocycles. The third-order valence-corrected chi connectivity index (χ3v) is 4.51. The lowest BCUT2D eigenvalue weighted by Crippen LogP contribution is -2.44. The van der Waals surface area contributed by atoms with E-state index in [4.69, 9.17) is 4.74 Å². The van der Waals surface area contributed by atoms with Crippen molar-refractivity contribution in [3.8, 4) is 0 Å². The summed E-state index contributed by atoms with van der Waals surface area (Å²) >= 11 is 0. The highest BCUT2D eigenvalue weighted by Gasteiger charge is 2.26. The molecule has 2 rings (SSSR count). The van der Waals surface area contributed by atoms with Crippen LogP contribution in [0, 0.1) is 0 Å². The van der Waals surface area contributed by atoms with Crippen molar-refractivity contribution in [2.45, 2.75) is 17.4 Å². The van der Waals surface area contributed by atoms with E-state index in [2.05, 4.69) is 4.74 Å². The van der Waals surface area contributed by atoms with Gasteiger partial charge in [-0.15, -0.1) is 0 Å². The molecule has 1 aromatic carbocycles. The van der Waals surface area contributed by atoms with Gasteiger partial charge in [0.2, 0.25) is 0 Å². The molecule has 0 amide bonds. The molecule has 1 aliphatic heterocycles. The van der Waals surface area contributed by atoms with E-state index < -0.39 is 9.84 Å². The summed E-state index contributed by atoms with van der Waals surface area (Å²) in [7, 11) is -1.97. The third-order valence-electron chi connectivity index (χ3n) is 3.37. The van der Waals surface area contributed by atoms with Crippen molar-refractivity contribution < 1.29 is 22.7 Å². The van der Waals surface area contributed by atoms with Crippen molar-refractivity contribution in [3.05, 3.63) is 24.3 Å². The first kappa shape index (κ1) is 15.8. The smallest absolute Gasteiger partial charge is 0.308 e. The van der Waals surface area contributed by atoms with E-state index in [0.29, 0.717) is 30.3 Å². The van der Waals surface area contributed by atoms with E-state index in [1.807, 2.05) is 4.90 Å². The summed E-state index contributed by atoms with van der Waals surface area (Å²) < 4.78 is 33.9. The monoisotopic (exact) mass is 313 g/mol. The number of hydrogen-bond donors (Lipinski definition) is 0. The predicted molar refractivity (Wildman–Crippen MR) is 78.1 cm³/mol. The highest BCUT2D eigenvalue weighted by atomic mass is 32.2. The second-order valence-electron chi connectivity index (χ2n) is 4.96. The molecule has 1 unspecified atom stereocenters. The van der Waals surface area contributed by atoms with Crippen LogP contribution in [0.5, 0.6) is 0 Å². The molecule has 1 saturated heterocycles. The number of methoxy groups -OCH3 is 1. The van der Waals surface area contributed by atoms with Gasteiger partial charge in [-0.25, -0.2) is 8.42 Å². The Bertz CT molecular complexity index is 614. The number of nitrogens with zero attached hydrogens (tertiary/aromatic N) is 1. The van der Waals surface area contributed by atoms with Crippen molar-refractivity contribution in [1.29, 1.82) is 0 Å². The maximum atomic E-state index is 11.9. The zero-order valence-electron chi connectivity index (χ0n) is 12.1. The van der Waals surface area contributed by atoms with Gasteiger partial charge in [0.05, 0.1) is 36.8 Å². The summed E-state index contributed by atoms with van der Waals surface area (Å²) in [4.78, 5) is 13.6. The number of ether oxygens (including phenoxy) is 2. The van der Waals surface area contributed by atoms with Crippen LogP contribution in [0.25, 0.3) is 0 Å². The normalized spacial score (nSPS) is 19.3. The largest absolute Gasteiger partial charge is 0.469 e. The van der Waals surface area contributed by atoms with Crippen LogP contribution in [0.2, 0.25) is 0 Å². The zero-order valence-corrected chi connectivity index (χ0v) is 12.9. The second-order valence-corrected chi connectivity index (χ2v) is 6.94. The number of morpholine rings is 1. The molecule has 1 atom stereocenters. The van der Waals surface area contributed by atoms with Crippen LogP contribution < -0.4 is 4.90 Å². The van der Waals surface area contributed by atoms with E-state index in [0.717, 1.165) is 0 Å². The molecule has 0 aliphatic carbocycles. The maximum absolute atomic E-state index is 11.9. The van der Waals surface area contributed by atoms with Crippen LogP contribution in [0.1, 0.15) is 6.42 Å². The van der Waals surface area contributed by atoms with Gasteiger partial charge in [0.1, 0.15) is 0 Å². The molecule has 1 aromatic rings. The molecule has 0 aromatic heterocycles. The van der Waals surface area contributed by atoms with Crippen molar-refractivity contribution in [2.24, 2.45) is 0 Å². The van der Waals surface area contributed by atoms with Crippen LogP contribution >= 0.6 is 0 Å². The van der Waals surface area contributed by atoms with Crippen LogP contribution in [-0.2, 0) is 24.1 Å². The number of hydrogen-bond acceptors (Lipinski definition) is 6. The van der Waals surface area contributed by atoms with E-state index in [1.165, 1.54) is 13.4 Å². The van der Waals surface area contributed by atoms with Gasteiger partial charge in [0.25, 0.3) is 0 Å². The van der Waals surface area contributed by atoms with Gasteiger partial charge < -0.3 is 14.4 Å². The van der Waals surface area contributed by atoms with Crippen molar-refractivity contribution in [1.82, 2.24) is 0 Å². The molecular formula is C14H19NO5S. The fourth-order valence-electron chi connectivity index (χ4n) is 2.36. The molecule has 1 aliphatic rings. The van der Waals surface area contributed by atoms with E-state index in [1.54, 1.807) is 24.3 Å². The quantitative estimate of drug-likeness (QED) is 0.768. The molecule has 1 heterocycles. The van der Waals surface area contributed by atoms with Gasteiger partial charge >= 0.3 is 5.97 Å². The predicted octanol–water partition coefficient (Wildman–Crippen LogP) is 0.858. The molecule has 0 spiro atoms. The van der Waals surface area contributed by atoms with Gasteiger partial charge in [-0.1, -0.05) is 12.1 Å². The lowest BCUT2D eigenvalue weighted by atomic mass is 10.2. The summed E-state index contributed by atoms with van der Waals surface area (Å²) in [5, 5.41) is 0. The molecule has 0 radical (unpaired) electrons. The first-order valence-electron chi connectivity index (χ1n) is 6.64. The highest BCUT2D eigenvalue weighted by Crippen LogP contribution is 2.27. The lowest BCUT2D eigenvalue weighted by Gasteiger charge is -2.35. The fraction of sp³-hybridized carbons (Fsp3) is 0.500. The molecule has 21 heavy (non-hydrogen) atoms. The summed E-state index contributed by atoms with van der Waals surface area (Å²) in [5.74, 6) is -0.335. The highest BCUT2D eigenvalue weighted by molar-refractivity contribution is 7.90. The number of sulfone groups is 1. The topological polar surface area (TPSA) is 72.9 Å². The number of carbonyl (C=O) groups excluding carboxylic acids is 1. The Hall–Kier alpha value is -1.60. The van der Waals surface area contributed by atoms with Gasteiger partial charge in [-0.05, 0) is 12.1 Å². The molecule has 116 valence electrons. The van der Waals surface area contributed by atoms with E-state index in [-0.39, 0.29) is 18.5 Å². The maximum Gasteiger partial charge on any atom is 0.308 e. The average Bonchev–Trinajstić information content (AvgIpc) is 2.46. The first-order valence-corrected chi connectivity index (χ1v) is 8.53. The summed E-state index contributed by atoms with van der Waals surface area (Å²) in [5.41, 5.74) is 0.651. The molecular weight excluding hydrogens is 294 g/mol. The third kappa shape index (κ3) is 3.95. The van der Waals surface area contributed by atoms with Crippen molar-refractivity contribution in [3.63, 3.8) is 0 Å². The fourth-order valence-corrected chi connectivity index (χ4v) is 3.27. The van der Waals surface area contributed by atoms with Gasteiger partial charge in [-0.3, -0.25) is 4.79 Å². The SMILES string of the molecule is COC(=O)CC1CN(c2ccccc2S(C)(=O)=O)CCO1. The number of carbonyl (C=O) groups is 1. The number of benzene rings is 1. The van der Waals surface area contributed by atoms with Crippen LogP contribution in [-0.4, -0.2) is 53.6 Å². The summed E-state index contributed by atoms with van der Waals surface area (Å²) in [6.07, 6.45) is 1.06. The van der Waals surface area contributed by atoms with E-state index >= 15 is 0 Å². The van der Waals surface area contributed by atoms with Gasteiger partial charge in [0.15, 0.2) is 9.84 Å². The number of rotatable bonds is 4. The molecule has 7 heteroatoms. The Kier molecular flexibility index (Phi) is 4.84. The Balaban J connectivity index is 2.21. The summed E-state index contributed by atoms with van der Waals surface area (Å²) in [6.45, 7) is 1.49. The van der Waals surface area contributed by atoms with Crippen LogP contribution in [0.4, 0.5) is 5.69 Å². The van der Waals surface area contributed by atoms with Gasteiger partial charge in [-0.2, -0.15) is 0 Å². The average molecular weight is 313 g/mol. The second kappa shape index (κ2) is 6.44. The first-order chi connectivity index (χ1) is 9.91. The lowest BCUT2D eigenvalue weighted by molar-refractivity contribution is -0.144. The van der Waals surface area contributed by atoms with Crippen molar-refractivity contribution >= 4 is 21.5 Å². The number of esters is 1. The Morgan fingerprint density at radius 1 is 1.43 bits per heavy atom. The minimum atomic E-state index is -3.30. The molecule has 0 bridgehead atoms. The molecule has 6 nitrogen and oxygen atoms in total. The molecule has 1 fully saturated rings. The minimum Gasteiger partial charge on any atom is -0.469 e. The van der Waals surface area contributed by atoms with Crippen LogP contribution in [0.3, 0.4) is 0 Å². The summed E-state index contributed by atoms with van der Waals surface area (Å²) in [6, 6.07) is 6.87. The standard InChI is InChI=1S/C14H19NO5S/c1-19-14(16)9-11-10-15(7-8-20-11)12-5-3-4-6-13(12)21(2,17)18/h3-6,11H,7-10H2,1-2H3. The van der Waals surface area contributed by atoms with Crippen molar-refractivity contribution in [2.75, 3.05) is 38.0 Å². The minimum absolute atomic E-state index is 0.161. The Morgan fingerprint density at radius 3 is 2.81 bits per heavy atom.